The summed E-state index contributed by atoms with van der Waals surface area (Å²) in [6.45, 7) is 6.13. The zero-order chi connectivity index (χ0) is 24.4. The number of nitrogens with zero attached hydrogens (tertiary/aromatic N) is 1. The highest BCUT2D eigenvalue weighted by Crippen LogP contribution is 2.44. The van der Waals surface area contributed by atoms with Crippen LogP contribution in [-0.4, -0.2) is 53.2 Å². The predicted molar refractivity (Wildman–Crippen MR) is 128 cm³/mol. The monoisotopic (exact) mass is 464 g/mol. The maximum absolute atomic E-state index is 13.3. The van der Waals surface area contributed by atoms with Crippen LogP contribution in [0.25, 0.3) is 11.1 Å². The molecule has 0 spiro atoms. The highest BCUT2D eigenvalue weighted by atomic mass is 16.5. The summed E-state index contributed by atoms with van der Waals surface area (Å²) >= 11 is 0. The lowest BCUT2D eigenvalue weighted by molar-refractivity contribution is -0.150. The molecule has 1 heterocycles. The highest BCUT2D eigenvalue weighted by Gasteiger charge is 2.39. The quantitative estimate of drug-likeness (QED) is 0.666. The molecule has 34 heavy (non-hydrogen) atoms. The van der Waals surface area contributed by atoms with Gasteiger partial charge < -0.3 is 20.1 Å². The topological polar surface area (TPSA) is 95.9 Å². The van der Waals surface area contributed by atoms with Gasteiger partial charge in [0.05, 0.1) is 5.92 Å². The molecule has 0 bridgehead atoms. The molecule has 0 radical (unpaired) electrons. The third kappa shape index (κ3) is 4.52. The van der Waals surface area contributed by atoms with Crippen molar-refractivity contribution in [2.75, 3.05) is 13.2 Å². The van der Waals surface area contributed by atoms with Crippen LogP contribution in [0.1, 0.15) is 50.7 Å². The Bertz CT molecular complexity index is 1040. The normalized spacial score (nSPS) is 20.4. The molecule has 1 fully saturated rings. The van der Waals surface area contributed by atoms with E-state index in [0.29, 0.717) is 19.4 Å². The van der Waals surface area contributed by atoms with Gasteiger partial charge in [0.15, 0.2) is 0 Å². The van der Waals surface area contributed by atoms with Crippen LogP contribution in [0.15, 0.2) is 48.5 Å². The van der Waals surface area contributed by atoms with E-state index >= 15 is 0 Å². The molecule has 4 rings (SSSR count). The molecule has 7 heteroatoms. The fourth-order valence-corrected chi connectivity index (χ4v) is 5.24. The third-order valence-corrected chi connectivity index (χ3v) is 7.14. The molecular weight excluding hydrogens is 432 g/mol. The molecule has 180 valence electrons. The molecule has 2 N–H and O–H groups in total. The zero-order valence-electron chi connectivity index (χ0n) is 19.9. The summed E-state index contributed by atoms with van der Waals surface area (Å²) in [6.07, 6.45) is 0.531. The molecule has 0 aromatic heterocycles. The number of carboxylic acids is 1. The number of hydrogen-bond donors (Lipinski definition) is 2. The number of aliphatic carboxylic acids is 1. The molecule has 1 aliphatic carbocycles. The van der Waals surface area contributed by atoms with Crippen molar-refractivity contribution < 1.29 is 24.2 Å². The average Bonchev–Trinajstić information content (AvgIpc) is 3.14. The molecule has 1 saturated heterocycles. The van der Waals surface area contributed by atoms with Crippen molar-refractivity contribution in [3.8, 4) is 11.1 Å². The second kappa shape index (κ2) is 9.87. The summed E-state index contributed by atoms with van der Waals surface area (Å²) in [6, 6.07) is 15.0. The average molecular weight is 465 g/mol. The number of rotatable bonds is 6. The number of alkyl carbamates (subject to hydrolysis) is 1. The number of nitrogens with one attached hydrogen (secondary N) is 1. The van der Waals surface area contributed by atoms with E-state index in [-0.39, 0.29) is 24.3 Å². The van der Waals surface area contributed by atoms with E-state index in [1.54, 1.807) is 11.8 Å². The van der Waals surface area contributed by atoms with Crippen molar-refractivity contribution in [1.29, 1.82) is 0 Å². The van der Waals surface area contributed by atoms with Gasteiger partial charge in [0.1, 0.15) is 12.6 Å². The number of fused-ring (bicyclic) bond motifs is 3. The second-order valence-corrected chi connectivity index (χ2v) is 9.55. The number of hydrogen-bond acceptors (Lipinski definition) is 4. The minimum absolute atomic E-state index is 0.0650. The number of carbonyl (C=O) groups excluding carboxylic acids is 2. The molecule has 2 aromatic carbocycles. The summed E-state index contributed by atoms with van der Waals surface area (Å²) in [5.74, 6) is -1.99. The van der Waals surface area contributed by atoms with Crippen molar-refractivity contribution in [2.45, 2.75) is 51.6 Å². The summed E-state index contributed by atoms with van der Waals surface area (Å²) < 4.78 is 5.63. The number of piperidine rings is 1. The van der Waals surface area contributed by atoms with Gasteiger partial charge in [-0.1, -0.05) is 62.4 Å². The molecule has 2 aromatic rings. The lowest BCUT2D eigenvalue weighted by Crippen LogP contribution is -2.57. The summed E-state index contributed by atoms with van der Waals surface area (Å²) in [5.41, 5.74) is 4.54. The Morgan fingerprint density at radius 3 is 2.21 bits per heavy atom. The Hall–Kier alpha value is -3.35. The van der Waals surface area contributed by atoms with Gasteiger partial charge in [0, 0.05) is 18.5 Å². The van der Waals surface area contributed by atoms with E-state index in [1.807, 2.05) is 38.1 Å². The van der Waals surface area contributed by atoms with Gasteiger partial charge in [-0.25, -0.2) is 4.79 Å². The Kier molecular flexibility index (Phi) is 6.91. The van der Waals surface area contributed by atoms with Gasteiger partial charge in [-0.2, -0.15) is 0 Å². The van der Waals surface area contributed by atoms with E-state index in [0.717, 1.165) is 22.3 Å². The first kappa shape index (κ1) is 23.8. The number of amides is 2. The van der Waals surface area contributed by atoms with Crippen LogP contribution in [0.3, 0.4) is 0 Å². The van der Waals surface area contributed by atoms with Crippen LogP contribution in [-0.2, 0) is 14.3 Å². The number of benzene rings is 2. The van der Waals surface area contributed by atoms with Crippen LogP contribution in [0.2, 0.25) is 0 Å². The van der Waals surface area contributed by atoms with E-state index < -0.39 is 30.1 Å². The second-order valence-electron chi connectivity index (χ2n) is 9.55. The van der Waals surface area contributed by atoms with Crippen LogP contribution in [0, 0.1) is 11.8 Å². The van der Waals surface area contributed by atoms with Gasteiger partial charge in [-0.15, -0.1) is 0 Å². The number of carbonyl (C=O) groups is 3. The van der Waals surface area contributed by atoms with Gasteiger partial charge in [0.25, 0.3) is 0 Å². The van der Waals surface area contributed by atoms with Crippen LogP contribution in [0.4, 0.5) is 4.79 Å². The molecule has 3 atom stereocenters. The lowest BCUT2D eigenvalue weighted by atomic mass is 9.89. The Morgan fingerprint density at radius 2 is 1.65 bits per heavy atom. The molecular formula is C27H32N2O5. The van der Waals surface area contributed by atoms with E-state index in [1.165, 1.54) is 0 Å². The smallest absolute Gasteiger partial charge is 0.407 e. The largest absolute Gasteiger partial charge is 0.481 e. The Labute approximate surface area is 200 Å². The molecule has 2 aliphatic rings. The first-order chi connectivity index (χ1) is 16.3. The summed E-state index contributed by atoms with van der Waals surface area (Å²) in [4.78, 5) is 39.3. The van der Waals surface area contributed by atoms with Crippen molar-refractivity contribution in [3.05, 3.63) is 59.7 Å². The maximum Gasteiger partial charge on any atom is 0.407 e. The fourth-order valence-electron chi connectivity index (χ4n) is 5.24. The minimum Gasteiger partial charge on any atom is -0.481 e. The van der Waals surface area contributed by atoms with Crippen molar-refractivity contribution in [2.24, 2.45) is 11.8 Å². The fraction of sp³-hybridized carbons (Fsp3) is 0.444. The van der Waals surface area contributed by atoms with E-state index in [4.69, 9.17) is 4.74 Å². The van der Waals surface area contributed by atoms with E-state index in [2.05, 4.69) is 29.6 Å². The Morgan fingerprint density at radius 1 is 1.06 bits per heavy atom. The van der Waals surface area contributed by atoms with E-state index in [9.17, 15) is 19.5 Å². The SMILES string of the molecule is CC(C)[C@H](NC(=O)OCC1c2ccccc2-c2ccccc21)C(=O)N1CCCC(C(=O)O)C1C. The molecule has 2 unspecified atom stereocenters. The first-order valence-corrected chi connectivity index (χ1v) is 11.9. The number of carboxylic acid groups (broad SMARTS) is 1. The first-order valence-electron chi connectivity index (χ1n) is 11.9. The van der Waals surface area contributed by atoms with Crippen LogP contribution >= 0.6 is 0 Å². The van der Waals surface area contributed by atoms with Gasteiger partial charge >= 0.3 is 12.1 Å². The lowest BCUT2D eigenvalue weighted by Gasteiger charge is -2.40. The molecule has 1 aliphatic heterocycles. The van der Waals surface area contributed by atoms with Crippen LogP contribution < -0.4 is 5.32 Å². The van der Waals surface area contributed by atoms with Gasteiger partial charge in [-0.05, 0) is 47.9 Å². The summed E-state index contributed by atoms with van der Waals surface area (Å²) in [7, 11) is 0. The van der Waals surface area contributed by atoms with Crippen molar-refractivity contribution in [3.63, 3.8) is 0 Å². The number of ether oxygens (including phenoxy) is 1. The zero-order valence-corrected chi connectivity index (χ0v) is 19.9. The summed E-state index contributed by atoms with van der Waals surface area (Å²) in [5, 5.41) is 12.2. The van der Waals surface area contributed by atoms with Crippen molar-refractivity contribution >= 4 is 18.0 Å². The van der Waals surface area contributed by atoms with Crippen LogP contribution in [0.5, 0.6) is 0 Å². The van der Waals surface area contributed by atoms with Crippen molar-refractivity contribution in [1.82, 2.24) is 10.2 Å². The standard InChI is InChI=1S/C27H32N2O5/c1-16(2)24(25(30)29-14-8-13-18(17(29)3)26(31)32)28-27(33)34-15-23-21-11-6-4-9-19(21)20-10-5-7-12-22(20)23/h4-7,9-12,16-18,23-24H,8,13-15H2,1-3H3,(H,28,33)(H,31,32)/t17?,18?,24-/m0/s1. The highest BCUT2D eigenvalue weighted by molar-refractivity contribution is 5.87. The molecule has 7 nitrogen and oxygen atoms in total. The maximum atomic E-state index is 13.3. The predicted octanol–water partition coefficient (Wildman–Crippen LogP) is 4.26. The third-order valence-electron chi connectivity index (χ3n) is 7.14. The molecule has 2 amide bonds. The van der Waals surface area contributed by atoms with Gasteiger partial charge in [-0.3, -0.25) is 9.59 Å². The van der Waals surface area contributed by atoms with Gasteiger partial charge in [0.2, 0.25) is 5.91 Å². The Balaban J connectivity index is 1.43. The molecule has 0 saturated carbocycles. The minimum atomic E-state index is -0.893. The number of likely N-dealkylation sites (tertiary alicyclic amines) is 1.